The molecule has 3 heteroatoms. The molecule has 0 aromatic heterocycles. The van der Waals surface area contributed by atoms with E-state index in [0.29, 0.717) is 12.5 Å². The molecule has 0 aromatic carbocycles. The molecule has 3 nitrogen and oxygen atoms in total. The minimum absolute atomic E-state index is 0.272. The first kappa shape index (κ1) is 8.97. The molecule has 0 bridgehead atoms. The number of aliphatic hydroxyl groups is 1. The van der Waals surface area contributed by atoms with Gasteiger partial charge in [-0.25, -0.2) is 0 Å². The molecule has 1 unspecified atom stereocenters. The average molecular weight is 158 g/mol. The number of rotatable bonds is 2. The SMILES string of the molecule is CC(C)CN1CCNCC1O. The van der Waals surface area contributed by atoms with Crippen molar-refractivity contribution in [2.45, 2.75) is 20.1 Å². The lowest BCUT2D eigenvalue weighted by atomic mass is 10.2. The fourth-order valence-corrected chi connectivity index (χ4v) is 1.41. The van der Waals surface area contributed by atoms with Gasteiger partial charge in [0.05, 0.1) is 0 Å². The van der Waals surface area contributed by atoms with Crippen molar-refractivity contribution < 1.29 is 5.11 Å². The van der Waals surface area contributed by atoms with Crippen molar-refractivity contribution in [2.24, 2.45) is 5.92 Å². The van der Waals surface area contributed by atoms with Gasteiger partial charge in [0.1, 0.15) is 6.23 Å². The lowest BCUT2D eigenvalue weighted by molar-refractivity contribution is -0.0188. The number of β-amino-alcohol motifs (C(OH)–C–C–N with tert-alkyl or cyclic N) is 1. The standard InChI is InChI=1S/C8H18N2O/c1-7(2)6-10-4-3-9-5-8(10)11/h7-9,11H,3-6H2,1-2H3. The summed E-state index contributed by atoms with van der Waals surface area (Å²) in [6.07, 6.45) is -0.272. The van der Waals surface area contributed by atoms with Crippen molar-refractivity contribution in [1.29, 1.82) is 0 Å². The van der Waals surface area contributed by atoms with Crippen LogP contribution in [-0.2, 0) is 0 Å². The second kappa shape index (κ2) is 4.04. The highest BCUT2D eigenvalue weighted by Crippen LogP contribution is 2.04. The summed E-state index contributed by atoms with van der Waals surface area (Å²) in [5.74, 6) is 0.641. The van der Waals surface area contributed by atoms with Crippen molar-refractivity contribution in [1.82, 2.24) is 10.2 Å². The first-order valence-corrected chi connectivity index (χ1v) is 4.33. The van der Waals surface area contributed by atoms with E-state index in [-0.39, 0.29) is 6.23 Å². The highest BCUT2D eigenvalue weighted by molar-refractivity contribution is 4.72. The Balaban J connectivity index is 2.29. The molecule has 1 heterocycles. The van der Waals surface area contributed by atoms with E-state index >= 15 is 0 Å². The number of aliphatic hydroxyl groups excluding tert-OH is 1. The maximum atomic E-state index is 9.48. The van der Waals surface area contributed by atoms with Crippen LogP contribution in [0.15, 0.2) is 0 Å². The van der Waals surface area contributed by atoms with Crippen LogP contribution in [0.1, 0.15) is 13.8 Å². The topological polar surface area (TPSA) is 35.5 Å². The Morgan fingerprint density at radius 3 is 2.91 bits per heavy atom. The van der Waals surface area contributed by atoms with Gasteiger partial charge in [0.15, 0.2) is 0 Å². The van der Waals surface area contributed by atoms with Gasteiger partial charge in [0, 0.05) is 26.2 Å². The van der Waals surface area contributed by atoms with Gasteiger partial charge in [0.25, 0.3) is 0 Å². The summed E-state index contributed by atoms with van der Waals surface area (Å²) in [5.41, 5.74) is 0. The average Bonchev–Trinajstić information content (AvgIpc) is 1.93. The van der Waals surface area contributed by atoms with Crippen molar-refractivity contribution in [3.05, 3.63) is 0 Å². The monoisotopic (exact) mass is 158 g/mol. The van der Waals surface area contributed by atoms with E-state index in [1.807, 2.05) is 0 Å². The van der Waals surface area contributed by atoms with Crippen LogP contribution < -0.4 is 5.32 Å². The van der Waals surface area contributed by atoms with Crippen LogP contribution >= 0.6 is 0 Å². The van der Waals surface area contributed by atoms with Crippen LogP contribution in [0.3, 0.4) is 0 Å². The van der Waals surface area contributed by atoms with Crippen LogP contribution in [0.2, 0.25) is 0 Å². The minimum Gasteiger partial charge on any atom is -0.377 e. The summed E-state index contributed by atoms with van der Waals surface area (Å²) >= 11 is 0. The quantitative estimate of drug-likeness (QED) is 0.587. The van der Waals surface area contributed by atoms with Crippen LogP contribution in [0.25, 0.3) is 0 Å². The zero-order valence-corrected chi connectivity index (χ0v) is 7.38. The Morgan fingerprint density at radius 2 is 2.36 bits per heavy atom. The summed E-state index contributed by atoms with van der Waals surface area (Å²) in [4.78, 5) is 2.13. The van der Waals surface area contributed by atoms with Crippen molar-refractivity contribution in [3.8, 4) is 0 Å². The van der Waals surface area contributed by atoms with E-state index in [2.05, 4.69) is 24.1 Å². The molecule has 0 radical (unpaired) electrons. The zero-order chi connectivity index (χ0) is 8.27. The highest BCUT2D eigenvalue weighted by Gasteiger charge is 2.19. The van der Waals surface area contributed by atoms with E-state index in [1.165, 1.54) is 0 Å². The lowest BCUT2D eigenvalue weighted by Crippen LogP contribution is -2.52. The summed E-state index contributed by atoms with van der Waals surface area (Å²) < 4.78 is 0. The second-order valence-electron chi connectivity index (χ2n) is 3.57. The van der Waals surface area contributed by atoms with Gasteiger partial charge in [-0.15, -0.1) is 0 Å². The highest BCUT2D eigenvalue weighted by atomic mass is 16.3. The predicted octanol–water partition coefficient (Wildman–Crippen LogP) is -0.134. The van der Waals surface area contributed by atoms with E-state index in [1.54, 1.807) is 0 Å². The fraction of sp³-hybridized carbons (Fsp3) is 1.00. The number of piperazine rings is 1. The summed E-state index contributed by atoms with van der Waals surface area (Å²) in [6, 6.07) is 0. The van der Waals surface area contributed by atoms with Gasteiger partial charge >= 0.3 is 0 Å². The molecular weight excluding hydrogens is 140 g/mol. The van der Waals surface area contributed by atoms with Crippen LogP contribution in [0.5, 0.6) is 0 Å². The van der Waals surface area contributed by atoms with Crippen LogP contribution in [-0.4, -0.2) is 42.4 Å². The molecule has 0 saturated carbocycles. The van der Waals surface area contributed by atoms with Gasteiger partial charge in [-0.3, -0.25) is 4.90 Å². The van der Waals surface area contributed by atoms with Gasteiger partial charge < -0.3 is 10.4 Å². The number of nitrogens with zero attached hydrogens (tertiary/aromatic N) is 1. The Bertz CT molecular complexity index is 117. The minimum atomic E-state index is -0.272. The van der Waals surface area contributed by atoms with Crippen molar-refractivity contribution in [2.75, 3.05) is 26.2 Å². The predicted molar refractivity (Wildman–Crippen MR) is 45.3 cm³/mol. The molecule has 11 heavy (non-hydrogen) atoms. The molecule has 1 atom stereocenters. The van der Waals surface area contributed by atoms with Crippen molar-refractivity contribution >= 4 is 0 Å². The molecule has 1 aliphatic heterocycles. The molecule has 1 saturated heterocycles. The summed E-state index contributed by atoms with van der Waals surface area (Å²) in [6.45, 7) is 8.04. The smallest absolute Gasteiger partial charge is 0.120 e. The summed E-state index contributed by atoms with van der Waals surface area (Å²) in [5, 5.41) is 12.6. The second-order valence-corrected chi connectivity index (χ2v) is 3.57. The maximum absolute atomic E-state index is 9.48. The Hall–Kier alpha value is -0.120. The van der Waals surface area contributed by atoms with Crippen molar-refractivity contribution in [3.63, 3.8) is 0 Å². The third-order valence-corrected chi connectivity index (χ3v) is 1.92. The molecule has 1 rings (SSSR count). The third-order valence-electron chi connectivity index (χ3n) is 1.92. The molecule has 0 spiro atoms. The normalized spacial score (nSPS) is 27.8. The van der Waals surface area contributed by atoms with Gasteiger partial charge in [-0.05, 0) is 5.92 Å². The number of hydrogen-bond donors (Lipinski definition) is 2. The zero-order valence-electron chi connectivity index (χ0n) is 7.38. The van der Waals surface area contributed by atoms with Crippen LogP contribution in [0, 0.1) is 5.92 Å². The van der Waals surface area contributed by atoms with E-state index in [4.69, 9.17) is 0 Å². The summed E-state index contributed by atoms with van der Waals surface area (Å²) in [7, 11) is 0. The first-order chi connectivity index (χ1) is 5.20. The van der Waals surface area contributed by atoms with Gasteiger partial charge in [-0.2, -0.15) is 0 Å². The molecule has 0 amide bonds. The molecule has 1 fully saturated rings. The van der Waals surface area contributed by atoms with E-state index < -0.39 is 0 Å². The largest absolute Gasteiger partial charge is 0.377 e. The third kappa shape index (κ3) is 2.77. The molecule has 1 aliphatic rings. The first-order valence-electron chi connectivity index (χ1n) is 4.33. The Kier molecular flexibility index (Phi) is 3.30. The van der Waals surface area contributed by atoms with E-state index in [0.717, 1.165) is 19.6 Å². The van der Waals surface area contributed by atoms with Gasteiger partial charge in [0.2, 0.25) is 0 Å². The van der Waals surface area contributed by atoms with E-state index in [9.17, 15) is 5.11 Å². The number of nitrogens with one attached hydrogen (secondary N) is 1. The lowest BCUT2D eigenvalue weighted by Gasteiger charge is -2.33. The van der Waals surface area contributed by atoms with Gasteiger partial charge in [-0.1, -0.05) is 13.8 Å². The Labute approximate surface area is 68.4 Å². The fourth-order valence-electron chi connectivity index (χ4n) is 1.41. The molecular formula is C8H18N2O. The number of hydrogen-bond acceptors (Lipinski definition) is 3. The van der Waals surface area contributed by atoms with Crippen LogP contribution in [0.4, 0.5) is 0 Å². The Morgan fingerprint density at radius 1 is 1.64 bits per heavy atom. The molecule has 2 N–H and O–H groups in total. The maximum Gasteiger partial charge on any atom is 0.120 e. The molecule has 66 valence electrons. The molecule has 0 aliphatic carbocycles. The molecule has 0 aromatic rings.